The van der Waals surface area contributed by atoms with Crippen LogP contribution in [0.4, 0.5) is 0 Å². The first kappa shape index (κ1) is 25.2. The van der Waals surface area contributed by atoms with E-state index in [2.05, 4.69) is 36.4 Å². The summed E-state index contributed by atoms with van der Waals surface area (Å²) < 4.78 is 18.8. The molecule has 0 amide bonds. The summed E-state index contributed by atoms with van der Waals surface area (Å²) in [5, 5.41) is 1.26. The van der Waals surface area contributed by atoms with Crippen molar-refractivity contribution in [3.8, 4) is 21.5 Å². The first-order chi connectivity index (χ1) is 16.8. The monoisotopic (exact) mass is 552 g/mol. The number of methoxy groups -OCH3 is 2. The molecule has 0 aliphatic heterocycles. The molecule has 35 heavy (non-hydrogen) atoms. The Kier molecular flexibility index (Phi) is 7.75. The molecule has 0 aliphatic carbocycles. The van der Waals surface area contributed by atoms with Crippen LogP contribution in [0.2, 0.25) is 0 Å². The number of carbonyl (C=O) groups is 1. The number of esters is 1. The Labute approximate surface area is 216 Å². The van der Waals surface area contributed by atoms with Crippen LogP contribution in [0.15, 0.2) is 82.6 Å². The van der Waals surface area contributed by atoms with Crippen LogP contribution in [-0.4, -0.2) is 40.3 Å². The number of carbonyl (C=O) groups excluding carboxylic acids is 1. The van der Waals surface area contributed by atoms with E-state index in [1.165, 1.54) is 30.6 Å². The molecule has 0 radical (unpaired) electrons. The normalized spacial score (nSPS) is 11.7. The van der Waals surface area contributed by atoms with Crippen molar-refractivity contribution in [2.24, 2.45) is 0 Å². The van der Waals surface area contributed by atoms with E-state index in [1.807, 2.05) is 51.1 Å². The minimum atomic E-state index is -0.500. The maximum absolute atomic E-state index is 12.0. The Morgan fingerprint density at radius 3 is 2.17 bits per heavy atom. The van der Waals surface area contributed by atoms with Gasteiger partial charge >= 0.3 is 196 Å². The van der Waals surface area contributed by atoms with Crippen molar-refractivity contribution in [2.45, 2.75) is 36.2 Å². The van der Waals surface area contributed by atoms with Crippen LogP contribution < -0.4 is 9.47 Å². The first-order valence-corrected chi connectivity index (χ1v) is 13.7. The van der Waals surface area contributed by atoms with Crippen LogP contribution in [0.25, 0.3) is 25.7 Å². The molecule has 6 heteroatoms. The van der Waals surface area contributed by atoms with Crippen molar-refractivity contribution in [3.63, 3.8) is 0 Å². The molecule has 4 aromatic rings. The predicted octanol–water partition coefficient (Wildman–Crippen LogP) is 7.09. The van der Waals surface area contributed by atoms with Crippen molar-refractivity contribution < 1.29 is 19.0 Å². The second-order valence-corrected chi connectivity index (χ2v) is 12.2. The molecule has 180 valence electrons. The average molecular weight is 552 g/mol. The molecule has 0 fully saturated rings. The molecule has 0 spiro atoms. The third-order valence-corrected chi connectivity index (χ3v) is 9.07. The first-order valence-electron chi connectivity index (χ1n) is 11.2. The van der Waals surface area contributed by atoms with Gasteiger partial charge in [-0.05, 0) is 20.8 Å². The Morgan fingerprint density at radius 2 is 1.54 bits per heavy atom. The van der Waals surface area contributed by atoms with Gasteiger partial charge in [0.15, 0.2) is 0 Å². The van der Waals surface area contributed by atoms with E-state index in [9.17, 15) is 4.79 Å². The molecule has 1 heterocycles. The fraction of sp³-hybridized carbons (Fsp3) is 0.207. The molecule has 1 aromatic heterocycles. The summed E-state index contributed by atoms with van der Waals surface area (Å²) in [5.74, 6) is 1.39. The predicted molar refractivity (Wildman–Crippen MR) is 145 cm³/mol. The molecule has 0 atom stereocenters. The van der Waals surface area contributed by atoms with Crippen molar-refractivity contribution >= 4 is 48.0 Å². The molecule has 0 aliphatic rings. The van der Waals surface area contributed by atoms with E-state index in [0.29, 0.717) is 0 Å². The molecular weight excluding hydrogens is 523 g/mol. The Hall–Kier alpha value is -2.92. The van der Waals surface area contributed by atoms with E-state index in [-0.39, 0.29) is 20.5 Å². The van der Waals surface area contributed by atoms with Gasteiger partial charge in [0, 0.05) is 0 Å². The number of fused-ring (bicyclic) bond motifs is 1. The zero-order valence-corrected chi connectivity index (χ0v) is 23.0. The quantitative estimate of drug-likeness (QED) is 0.139. The van der Waals surface area contributed by atoms with E-state index in [4.69, 9.17) is 14.2 Å². The van der Waals surface area contributed by atoms with Crippen LogP contribution in [-0.2, 0) is 9.53 Å². The number of rotatable bonds is 7. The molecule has 0 N–H and O–H groups in total. The summed E-state index contributed by atoms with van der Waals surface area (Å²) in [5.41, 5.74) is 1.66. The third kappa shape index (κ3) is 6.40. The minimum absolute atomic E-state index is 0.164. The van der Waals surface area contributed by atoms with Gasteiger partial charge in [-0.1, -0.05) is 0 Å². The second kappa shape index (κ2) is 10.8. The van der Waals surface area contributed by atoms with E-state index >= 15 is 0 Å². The number of hydrogen-bond donors (Lipinski definition) is 0. The molecule has 3 aromatic carbocycles. The van der Waals surface area contributed by atoms with E-state index < -0.39 is 5.60 Å². The Morgan fingerprint density at radius 1 is 0.886 bits per heavy atom. The summed E-state index contributed by atoms with van der Waals surface area (Å²) in [6.07, 6.45) is 3.26. The van der Waals surface area contributed by atoms with Gasteiger partial charge in [-0.3, -0.25) is 0 Å². The van der Waals surface area contributed by atoms with Gasteiger partial charge in [-0.15, -0.1) is 0 Å². The molecule has 0 bridgehead atoms. The fourth-order valence-electron chi connectivity index (χ4n) is 3.48. The molecule has 0 unspecified atom stereocenters. The summed E-state index contributed by atoms with van der Waals surface area (Å²) in [4.78, 5) is 14.4. The van der Waals surface area contributed by atoms with Crippen LogP contribution >= 0.6 is 11.8 Å². The fourth-order valence-corrected chi connectivity index (χ4v) is 7.48. The average Bonchev–Trinajstić information content (AvgIpc) is 3.20. The number of ether oxygens (including phenoxy) is 3. The van der Waals surface area contributed by atoms with Gasteiger partial charge in [0.25, 0.3) is 0 Å². The molecule has 4 nitrogen and oxygen atoms in total. The molecule has 0 saturated heterocycles. The zero-order chi connectivity index (χ0) is 25.0. The topological polar surface area (TPSA) is 44.8 Å². The van der Waals surface area contributed by atoms with E-state index in [1.54, 1.807) is 32.1 Å². The van der Waals surface area contributed by atoms with Crippen molar-refractivity contribution in [1.29, 1.82) is 0 Å². The van der Waals surface area contributed by atoms with Crippen LogP contribution in [0, 0.1) is 0 Å². The molecule has 4 rings (SSSR count). The molecular formula is C29H28O4SSe. The van der Waals surface area contributed by atoms with Crippen LogP contribution in [0.5, 0.6) is 11.5 Å². The summed E-state index contributed by atoms with van der Waals surface area (Å²) in [6, 6.07) is 22.8. The number of hydrogen-bond acceptors (Lipinski definition) is 5. The Bertz CT molecular complexity index is 1350. The van der Waals surface area contributed by atoms with Gasteiger partial charge in [0.1, 0.15) is 0 Å². The van der Waals surface area contributed by atoms with Gasteiger partial charge in [-0.2, -0.15) is 0 Å². The summed E-state index contributed by atoms with van der Waals surface area (Å²) in [7, 11) is 3.39. The summed E-state index contributed by atoms with van der Waals surface area (Å²) >= 11 is 1.93. The van der Waals surface area contributed by atoms with Crippen molar-refractivity contribution in [1.82, 2.24) is 0 Å². The Balaban J connectivity index is 1.63. The zero-order valence-electron chi connectivity index (χ0n) is 20.5. The SMILES string of the molecule is COc1ccc(-c2[se]c3cc(OC)ccc3c2Sc2ccc(/C=C/C(=O)OC(C)(C)C)cc2)cc1. The third-order valence-electron chi connectivity index (χ3n) is 5.12. The number of benzene rings is 3. The van der Waals surface area contributed by atoms with Crippen molar-refractivity contribution in [2.75, 3.05) is 14.2 Å². The summed E-state index contributed by atoms with van der Waals surface area (Å²) in [6.45, 7) is 5.58. The standard InChI is InChI=1S/C29H28O4SSe/c1-29(2,3)33-26(30)17-8-19-6-14-23(15-7-19)34-27-24-16-13-22(32-5)18-25(24)35-28(27)20-9-11-21(31-4)12-10-20/h6-18H,1-5H3/b17-8+. The van der Waals surface area contributed by atoms with Crippen LogP contribution in [0.3, 0.4) is 0 Å². The van der Waals surface area contributed by atoms with Gasteiger partial charge in [-0.25, -0.2) is 0 Å². The molecule has 0 saturated carbocycles. The van der Waals surface area contributed by atoms with Crippen molar-refractivity contribution in [3.05, 3.63) is 78.4 Å². The maximum atomic E-state index is 12.0. The van der Waals surface area contributed by atoms with E-state index in [0.717, 1.165) is 22.0 Å². The van der Waals surface area contributed by atoms with Gasteiger partial charge < -0.3 is 0 Å². The second-order valence-electron chi connectivity index (χ2n) is 8.89. The van der Waals surface area contributed by atoms with Crippen LogP contribution in [0.1, 0.15) is 26.3 Å². The van der Waals surface area contributed by atoms with Gasteiger partial charge in [0.05, 0.1) is 0 Å². The van der Waals surface area contributed by atoms with Gasteiger partial charge in [0.2, 0.25) is 0 Å².